The molecule has 1 aromatic heterocycles. The minimum atomic E-state index is -0.497. The number of hydrogen-bond acceptors (Lipinski definition) is 5. The molecule has 2 rings (SSSR count). The average Bonchev–Trinajstić information content (AvgIpc) is 2.46. The predicted molar refractivity (Wildman–Crippen MR) is 70.8 cm³/mol. The van der Waals surface area contributed by atoms with Crippen LogP contribution in [0.15, 0.2) is 48.7 Å². The summed E-state index contributed by atoms with van der Waals surface area (Å²) in [5.41, 5.74) is 1.16. The normalized spacial score (nSPS) is 10.0. The second-order valence-corrected chi connectivity index (χ2v) is 4.09. The Balaban J connectivity index is 1.91. The molecule has 1 heterocycles. The summed E-state index contributed by atoms with van der Waals surface area (Å²) >= 11 is 0. The van der Waals surface area contributed by atoms with Crippen LogP contribution in [0.2, 0.25) is 0 Å². The number of nitrogens with zero attached hydrogens (tertiary/aromatic N) is 2. The first kappa shape index (κ1) is 13.7. The van der Waals surface area contributed by atoms with E-state index < -0.39 is 10.9 Å². The van der Waals surface area contributed by atoms with Gasteiger partial charge in [-0.25, -0.2) is 0 Å². The van der Waals surface area contributed by atoms with Gasteiger partial charge >= 0.3 is 5.97 Å². The van der Waals surface area contributed by atoms with E-state index in [4.69, 9.17) is 4.74 Å². The quantitative estimate of drug-likeness (QED) is 0.473. The maximum Gasteiger partial charge on any atom is 0.310 e. The van der Waals surface area contributed by atoms with Crippen molar-refractivity contribution in [2.24, 2.45) is 0 Å². The van der Waals surface area contributed by atoms with Crippen LogP contribution < -0.4 is 0 Å². The lowest BCUT2D eigenvalue weighted by Crippen LogP contribution is -2.08. The highest BCUT2D eigenvalue weighted by molar-refractivity contribution is 5.72. The zero-order valence-electron chi connectivity index (χ0n) is 10.6. The number of aromatic nitrogens is 1. The van der Waals surface area contributed by atoms with E-state index in [2.05, 4.69) is 4.98 Å². The third-order valence-electron chi connectivity index (χ3n) is 2.58. The lowest BCUT2D eigenvalue weighted by atomic mass is 10.1. The number of pyridine rings is 1. The first-order valence-electron chi connectivity index (χ1n) is 5.94. The van der Waals surface area contributed by atoms with E-state index in [-0.39, 0.29) is 18.7 Å². The summed E-state index contributed by atoms with van der Waals surface area (Å²) in [5.74, 6) is -0.448. The maximum atomic E-state index is 11.6. The molecule has 0 aliphatic carbocycles. The molecule has 0 saturated carbocycles. The van der Waals surface area contributed by atoms with Gasteiger partial charge in [-0.2, -0.15) is 0 Å². The molecule has 6 nitrogen and oxygen atoms in total. The first-order valence-corrected chi connectivity index (χ1v) is 5.94. The van der Waals surface area contributed by atoms with Gasteiger partial charge in [-0.3, -0.25) is 19.9 Å². The molecule has 0 spiro atoms. The Morgan fingerprint density at radius 1 is 1.25 bits per heavy atom. The second-order valence-electron chi connectivity index (χ2n) is 4.09. The Labute approximate surface area is 115 Å². The third kappa shape index (κ3) is 3.88. The van der Waals surface area contributed by atoms with Crippen LogP contribution in [0.3, 0.4) is 0 Å². The summed E-state index contributed by atoms with van der Waals surface area (Å²) in [6, 6.07) is 11.3. The number of carbonyl (C=O) groups excluding carboxylic acids is 1. The smallest absolute Gasteiger partial charge is 0.310 e. The molecule has 20 heavy (non-hydrogen) atoms. The Morgan fingerprint density at radius 3 is 2.80 bits per heavy atom. The van der Waals surface area contributed by atoms with Gasteiger partial charge in [0.1, 0.15) is 6.61 Å². The molecule has 0 bridgehead atoms. The first-order chi connectivity index (χ1) is 9.65. The third-order valence-corrected chi connectivity index (χ3v) is 2.58. The lowest BCUT2D eigenvalue weighted by Gasteiger charge is -2.04. The molecule has 2 aromatic rings. The van der Waals surface area contributed by atoms with Gasteiger partial charge in [0.15, 0.2) is 0 Å². The zero-order chi connectivity index (χ0) is 14.4. The average molecular weight is 272 g/mol. The Morgan fingerprint density at radius 2 is 2.10 bits per heavy atom. The van der Waals surface area contributed by atoms with Crippen LogP contribution >= 0.6 is 0 Å². The molecule has 0 aliphatic rings. The summed E-state index contributed by atoms with van der Waals surface area (Å²) in [4.78, 5) is 25.8. The fourth-order valence-corrected chi connectivity index (χ4v) is 1.64. The van der Waals surface area contributed by atoms with Crippen LogP contribution in [0.4, 0.5) is 5.69 Å². The van der Waals surface area contributed by atoms with Crippen molar-refractivity contribution in [3.05, 3.63) is 70.0 Å². The van der Waals surface area contributed by atoms with Gasteiger partial charge in [0.25, 0.3) is 5.69 Å². The van der Waals surface area contributed by atoms with Crippen molar-refractivity contribution < 1.29 is 14.5 Å². The van der Waals surface area contributed by atoms with Gasteiger partial charge < -0.3 is 4.74 Å². The number of rotatable bonds is 5. The fourth-order valence-electron chi connectivity index (χ4n) is 1.64. The highest BCUT2D eigenvalue weighted by Gasteiger charge is 2.10. The standard InChI is InChI=1S/C14H12N2O4/c17-14(20-10-12-5-1-2-7-15-12)9-11-4-3-6-13(8-11)16(18)19/h1-8H,9-10H2. The molecule has 0 atom stereocenters. The van der Waals surface area contributed by atoms with E-state index >= 15 is 0 Å². The second kappa shape index (κ2) is 6.42. The van der Waals surface area contributed by atoms with Crippen LogP contribution in [-0.2, 0) is 22.6 Å². The molecule has 6 heteroatoms. The number of nitro groups is 1. The molecule has 0 unspecified atom stereocenters. The SMILES string of the molecule is O=C(Cc1cccc([N+](=O)[O-])c1)OCc1ccccn1. The fraction of sp³-hybridized carbons (Fsp3) is 0.143. The van der Waals surface area contributed by atoms with Gasteiger partial charge in [-0.15, -0.1) is 0 Å². The number of benzene rings is 1. The number of hydrogen-bond donors (Lipinski definition) is 0. The number of carbonyl (C=O) groups is 1. The minimum absolute atomic E-state index is 0.00544. The van der Waals surface area contributed by atoms with Gasteiger partial charge in [-0.05, 0) is 17.7 Å². The zero-order valence-corrected chi connectivity index (χ0v) is 10.6. The Hall–Kier alpha value is -2.76. The summed E-state index contributed by atoms with van der Waals surface area (Å²) in [6.45, 7) is 0.0919. The van der Waals surface area contributed by atoms with Crippen molar-refractivity contribution in [2.75, 3.05) is 0 Å². The topological polar surface area (TPSA) is 82.3 Å². The van der Waals surface area contributed by atoms with E-state index in [1.807, 2.05) is 0 Å². The molecule has 0 saturated heterocycles. The number of esters is 1. The van der Waals surface area contributed by atoms with Crippen LogP contribution in [0, 0.1) is 10.1 Å². The number of nitro benzene ring substituents is 1. The molecule has 102 valence electrons. The van der Waals surface area contributed by atoms with E-state index in [0.29, 0.717) is 11.3 Å². The summed E-state index contributed by atoms with van der Waals surface area (Å²) in [5, 5.41) is 10.6. The molecule has 0 amide bonds. The number of non-ortho nitro benzene ring substituents is 1. The molecular formula is C14H12N2O4. The van der Waals surface area contributed by atoms with Crippen molar-refractivity contribution in [3.63, 3.8) is 0 Å². The van der Waals surface area contributed by atoms with Gasteiger partial charge in [-0.1, -0.05) is 18.2 Å². The highest BCUT2D eigenvalue weighted by Crippen LogP contribution is 2.14. The molecule has 0 N–H and O–H groups in total. The van der Waals surface area contributed by atoms with Crippen molar-refractivity contribution in [1.29, 1.82) is 0 Å². The molecule has 1 aromatic carbocycles. The van der Waals surface area contributed by atoms with Crippen molar-refractivity contribution in [1.82, 2.24) is 4.98 Å². The minimum Gasteiger partial charge on any atom is -0.459 e. The van der Waals surface area contributed by atoms with Crippen LogP contribution in [-0.4, -0.2) is 15.9 Å². The monoisotopic (exact) mass is 272 g/mol. The van der Waals surface area contributed by atoms with E-state index in [1.54, 1.807) is 36.5 Å². The van der Waals surface area contributed by atoms with Crippen molar-refractivity contribution in [2.45, 2.75) is 13.0 Å². The van der Waals surface area contributed by atoms with Gasteiger partial charge in [0.2, 0.25) is 0 Å². The van der Waals surface area contributed by atoms with Gasteiger partial charge in [0, 0.05) is 18.3 Å². The highest BCUT2D eigenvalue weighted by atomic mass is 16.6. The molecule has 0 radical (unpaired) electrons. The molecule has 0 aliphatic heterocycles. The summed E-state index contributed by atoms with van der Waals surface area (Å²) < 4.78 is 5.06. The van der Waals surface area contributed by atoms with Gasteiger partial charge in [0.05, 0.1) is 17.0 Å². The lowest BCUT2D eigenvalue weighted by molar-refractivity contribution is -0.384. The van der Waals surface area contributed by atoms with Crippen molar-refractivity contribution >= 4 is 11.7 Å². The van der Waals surface area contributed by atoms with E-state index in [1.165, 1.54) is 12.1 Å². The largest absolute Gasteiger partial charge is 0.459 e. The van der Waals surface area contributed by atoms with E-state index in [0.717, 1.165) is 0 Å². The van der Waals surface area contributed by atoms with Crippen LogP contribution in [0.5, 0.6) is 0 Å². The maximum absolute atomic E-state index is 11.6. The number of ether oxygens (including phenoxy) is 1. The Kier molecular flexibility index (Phi) is 4.39. The Bertz CT molecular complexity index is 614. The summed E-state index contributed by atoms with van der Waals surface area (Å²) in [7, 11) is 0. The molecule has 0 fully saturated rings. The summed E-state index contributed by atoms with van der Waals surface area (Å²) in [6.07, 6.45) is 1.61. The van der Waals surface area contributed by atoms with E-state index in [9.17, 15) is 14.9 Å². The van der Waals surface area contributed by atoms with Crippen LogP contribution in [0.1, 0.15) is 11.3 Å². The van der Waals surface area contributed by atoms with Crippen molar-refractivity contribution in [3.8, 4) is 0 Å². The molecular weight excluding hydrogens is 260 g/mol. The van der Waals surface area contributed by atoms with Crippen LogP contribution in [0.25, 0.3) is 0 Å². The predicted octanol–water partition coefficient (Wildman–Crippen LogP) is 2.28.